The van der Waals surface area contributed by atoms with Crippen LogP contribution in [-0.2, 0) is 4.79 Å². The van der Waals surface area contributed by atoms with E-state index in [1.807, 2.05) is 18.7 Å². The van der Waals surface area contributed by atoms with E-state index in [2.05, 4.69) is 10.1 Å². The van der Waals surface area contributed by atoms with Crippen molar-refractivity contribution in [1.82, 2.24) is 15.0 Å². The fourth-order valence-electron chi connectivity index (χ4n) is 2.89. The lowest BCUT2D eigenvalue weighted by Gasteiger charge is -2.32. The Bertz CT molecular complexity index is 699. The highest BCUT2D eigenvalue weighted by molar-refractivity contribution is 5.78. The Morgan fingerprint density at radius 1 is 1.43 bits per heavy atom. The normalized spacial score (nSPS) is 18.4. The number of carbonyl (C=O) groups excluding carboxylic acids is 1. The summed E-state index contributed by atoms with van der Waals surface area (Å²) in [4.78, 5) is 18.4. The summed E-state index contributed by atoms with van der Waals surface area (Å²) in [5.41, 5.74) is 0.589. The summed E-state index contributed by atoms with van der Waals surface area (Å²) >= 11 is 0. The van der Waals surface area contributed by atoms with E-state index in [-0.39, 0.29) is 23.6 Å². The molecule has 0 radical (unpaired) electrons. The molecule has 1 fully saturated rings. The molecule has 1 atom stereocenters. The summed E-state index contributed by atoms with van der Waals surface area (Å²) < 4.78 is 18.7. The number of amides is 1. The molecule has 0 aliphatic carbocycles. The number of nitrogens with zero attached hydrogens (tertiary/aromatic N) is 3. The SMILES string of the molecule is CC(C)C(=O)N1CCC[C@H](c2nc(-c3cccc(F)c3)no2)C1. The first-order valence-corrected chi connectivity index (χ1v) is 7.93. The van der Waals surface area contributed by atoms with Gasteiger partial charge in [0.15, 0.2) is 0 Å². The molecule has 0 bridgehead atoms. The van der Waals surface area contributed by atoms with Gasteiger partial charge in [0.2, 0.25) is 17.6 Å². The first-order valence-electron chi connectivity index (χ1n) is 7.93. The van der Waals surface area contributed by atoms with E-state index in [1.165, 1.54) is 12.1 Å². The molecule has 0 spiro atoms. The molecule has 1 amide bonds. The van der Waals surface area contributed by atoms with Gasteiger partial charge in [-0.25, -0.2) is 4.39 Å². The largest absolute Gasteiger partial charge is 0.342 e. The van der Waals surface area contributed by atoms with Gasteiger partial charge < -0.3 is 9.42 Å². The van der Waals surface area contributed by atoms with Gasteiger partial charge in [-0.15, -0.1) is 0 Å². The number of benzene rings is 1. The zero-order chi connectivity index (χ0) is 16.4. The van der Waals surface area contributed by atoms with Gasteiger partial charge in [0, 0.05) is 24.6 Å². The zero-order valence-corrected chi connectivity index (χ0v) is 13.3. The van der Waals surface area contributed by atoms with Gasteiger partial charge in [0.1, 0.15) is 5.82 Å². The smallest absolute Gasteiger partial charge is 0.231 e. The molecule has 2 heterocycles. The van der Waals surface area contributed by atoms with E-state index in [9.17, 15) is 9.18 Å². The van der Waals surface area contributed by atoms with E-state index in [4.69, 9.17) is 4.52 Å². The number of hydrogen-bond donors (Lipinski definition) is 0. The van der Waals surface area contributed by atoms with Crippen molar-refractivity contribution < 1.29 is 13.7 Å². The molecule has 0 saturated carbocycles. The Labute approximate surface area is 134 Å². The molecule has 6 heteroatoms. The molecular weight excluding hydrogens is 297 g/mol. The number of halogens is 1. The minimum absolute atomic E-state index is 0.0145. The van der Waals surface area contributed by atoms with Gasteiger partial charge in [-0.05, 0) is 25.0 Å². The Balaban J connectivity index is 1.76. The molecule has 1 saturated heterocycles. The van der Waals surface area contributed by atoms with Gasteiger partial charge in [-0.1, -0.05) is 31.1 Å². The number of piperidine rings is 1. The molecule has 1 aromatic heterocycles. The first kappa shape index (κ1) is 15.6. The molecule has 1 aromatic carbocycles. The van der Waals surface area contributed by atoms with Gasteiger partial charge in [0.05, 0.1) is 5.92 Å². The maximum atomic E-state index is 13.3. The molecule has 2 aromatic rings. The van der Waals surface area contributed by atoms with Crippen molar-refractivity contribution in [3.8, 4) is 11.4 Å². The fourth-order valence-corrected chi connectivity index (χ4v) is 2.89. The molecule has 23 heavy (non-hydrogen) atoms. The Morgan fingerprint density at radius 2 is 2.26 bits per heavy atom. The predicted octanol–water partition coefficient (Wildman–Crippen LogP) is 3.24. The van der Waals surface area contributed by atoms with Crippen LogP contribution >= 0.6 is 0 Å². The number of likely N-dealkylation sites (tertiary alicyclic amines) is 1. The second-order valence-electron chi connectivity index (χ2n) is 6.24. The number of hydrogen-bond acceptors (Lipinski definition) is 4. The Hall–Kier alpha value is -2.24. The van der Waals surface area contributed by atoms with Crippen LogP contribution in [0.2, 0.25) is 0 Å². The molecule has 1 aliphatic rings. The quantitative estimate of drug-likeness (QED) is 0.872. The first-order chi connectivity index (χ1) is 11.0. The minimum atomic E-state index is -0.333. The molecular formula is C17H20FN3O2. The second-order valence-corrected chi connectivity index (χ2v) is 6.24. The number of rotatable bonds is 3. The molecule has 5 nitrogen and oxygen atoms in total. The van der Waals surface area contributed by atoms with E-state index < -0.39 is 0 Å². The standard InChI is InChI=1S/C17H20FN3O2/c1-11(2)17(22)21-8-4-6-13(10-21)16-19-15(20-23-16)12-5-3-7-14(18)9-12/h3,5,7,9,11,13H,4,6,8,10H2,1-2H3/t13-/m0/s1. The van der Waals surface area contributed by atoms with Crippen molar-refractivity contribution in [3.05, 3.63) is 36.0 Å². The molecule has 1 aliphatic heterocycles. The van der Waals surface area contributed by atoms with Crippen molar-refractivity contribution in [2.45, 2.75) is 32.6 Å². The lowest BCUT2D eigenvalue weighted by atomic mass is 9.97. The third-order valence-electron chi connectivity index (χ3n) is 4.10. The molecule has 0 unspecified atom stereocenters. The highest BCUT2D eigenvalue weighted by Crippen LogP contribution is 2.28. The highest BCUT2D eigenvalue weighted by Gasteiger charge is 2.29. The summed E-state index contributed by atoms with van der Waals surface area (Å²) in [5.74, 6) is 0.748. The zero-order valence-electron chi connectivity index (χ0n) is 13.3. The van der Waals surface area contributed by atoms with Gasteiger partial charge in [-0.3, -0.25) is 4.79 Å². The van der Waals surface area contributed by atoms with Crippen LogP contribution in [0.1, 0.15) is 38.5 Å². The summed E-state index contributed by atoms with van der Waals surface area (Å²) in [5, 5.41) is 3.95. The maximum absolute atomic E-state index is 13.3. The van der Waals surface area contributed by atoms with E-state index >= 15 is 0 Å². The van der Waals surface area contributed by atoms with Crippen LogP contribution in [-0.4, -0.2) is 34.0 Å². The Morgan fingerprint density at radius 3 is 3.00 bits per heavy atom. The molecule has 0 N–H and O–H groups in total. The minimum Gasteiger partial charge on any atom is -0.342 e. The number of carbonyl (C=O) groups is 1. The third kappa shape index (κ3) is 3.41. The van der Waals surface area contributed by atoms with Crippen LogP contribution < -0.4 is 0 Å². The summed E-state index contributed by atoms with van der Waals surface area (Å²) in [6, 6.07) is 6.11. The third-order valence-corrected chi connectivity index (χ3v) is 4.10. The average Bonchev–Trinajstić information content (AvgIpc) is 3.04. The van der Waals surface area contributed by atoms with Crippen LogP contribution in [0, 0.1) is 11.7 Å². The van der Waals surface area contributed by atoms with Gasteiger partial charge >= 0.3 is 0 Å². The van der Waals surface area contributed by atoms with Crippen molar-refractivity contribution in [2.75, 3.05) is 13.1 Å². The molecule has 3 rings (SSSR count). The van der Waals surface area contributed by atoms with Crippen molar-refractivity contribution in [3.63, 3.8) is 0 Å². The molecule has 122 valence electrons. The monoisotopic (exact) mass is 317 g/mol. The van der Waals surface area contributed by atoms with Gasteiger partial charge in [0.25, 0.3) is 0 Å². The summed E-state index contributed by atoms with van der Waals surface area (Å²) in [7, 11) is 0. The fraction of sp³-hybridized carbons (Fsp3) is 0.471. The van der Waals surface area contributed by atoms with E-state index in [1.54, 1.807) is 12.1 Å². The van der Waals surface area contributed by atoms with Crippen molar-refractivity contribution in [1.29, 1.82) is 0 Å². The summed E-state index contributed by atoms with van der Waals surface area (Å²) in [6.45, 7) is 5.18. The topological polar surface area (TPSA) is 59.2 Å². The van der Waals surface area contributed by atoms with Crippen LogP contribution in [0.3, 0.4) is 0 Å². The van der Waals surface area contributed by atoms with Crippen LogP contribution in [0.25, 0.3) is 11.4 Å². The lowest BCUT2D eigenvalue weighted by molar-refractivity contribution is -0.135. The summed E-state index contributed by atoms with van der Waals surface area (Å²) in [6.07, 6.45) is 1.83. The lowest BCUT2D eigenvalue weighted by Crippen LogP contribution is -2.41. The number of aromatic nitrogens is 2. The second kappa shape index (κ2) is 6.48. The van der Waals surface area contributed by atoms with Crippen molar-refractivity contribution in [2.24, 2.45) is 5.92 Å². The predicted molar refractivity (Wildman–Crippen MR) is 83.1 cm³/mol. The van der Waals surface area contributed by atoms with Crippen LogP contribution in [0.4, 0.5) is 4.39 Å². The maximum Gasteiger partial charge on any atom is 0.231 e. The van der Waals surface area contributed by atoms with Crippen LogP contribution in [0.5, 0.6) is 0 Å². The van der Waals surface area contributed by atoms with Crippen LogP contribution in [0.15, 0.2) is 28.8 Å². The van der Waals surface area contributed by atoms with Gasteiger partial charge in [-0.2, -0.15) is 4.98 Å². The average molecular weight is 317 g/mol. The van der Waals surface area contributed by atoms with E-state index in [0.29, 0.717) is 23.8 Å². The van der Waals surface area contributed by atoms with E-state index in [0.717, 1.165) is 19.4 Å². The Kier molecular flexibility index (Phi) is 4.41. The highest BCUT2D eigenvalue weighted by atomic mass is 19.1. The van der Waals surface area contributed by atoms with Crippen molar-refractivity contribution >= 4 is 5.91 Å².